The molecule has 1 N–H and O–H groups in total. The number of carbonyl (C=O) groups is 1. The van der Waals surface area contributed by atoms with Crippen LogP contribution in [0.5, 0.6) is 0 Å². The summed E-state index contributed by atoms with van der Waals surface area (Å²) in [4.78, 5) is 25.2. The van der Waals surface area contributed by atoms with Gasteiger partial charge in [-0.2, -0.15) is 0 Å². The quantitative estimate of drug-likeness (QED) is 0.628. The molecule has 2 aromatic rings. The summed E-state index contributed by atoms with van der Waals surface area (Å²) < 4.78 is 0. The van der Waals surface area contributed by atoms with Crippen LogP contribution in [0, 0.1) is 4.91 Å². The second-order valence-corrected chi connectivity index (χ2v) is 5.23. The van der Waals surface area contributed by atoms with Gasteiger partial charge in [0.2, 0.25) is 0 Å². The summed E-state index contributed by atoms with van der Waals surface area (Å²) in [6.07, 6.45) is 2.07. The first-order valence-corrected chi connectivity index (χ1v) is 7.24. The first-order chi connectivity index (χ1) is 9.79. The van der Waals surface area contributed by atoms with E-state index in [9.17, 15) is 9.70 Å². The molecule has 104 valence electrons. The Kier molecular flexibility index (Phi) is 5.52. The number of carbonyl (C=O) groups excluding carboxylic acids is 1. The van der Waals surface area contributed by atoms with Gasteiger partial charge < -0.3 is 5.32 Å². The number of thiazole rings is 1. The number of hydrogen-bond acceptors (Lipinski definition) is 5. The molecule has 1 heterocycles. The van der Waals surface area contributed by atoms with Gasteiger partial charge in [-0.1, -0.05) is 30.3 Å². The highest BCUT2D eigenvalue weighted by molar-refractivity contribution is 7.09. The zero-order valence-electron chi connectivity index (χ0n) is 10.9. The summed E-state index contributed by atoms with van der Waals surface area (Å²) in [5, 5.41) is 7.97. The van der Waals surface area contributed by atoms with Crippen molar-refractivity contribution in [2.45, 2.75) is 19.4 Å². The Labute approximate surface area is 121 Å². The molecule has 0 atom stereocenters. The molecule has 1 amide bonds. The Morgan fingerprint density at radius 1 is 1.30 bits per heavy atom. The van der Waals surface area contributed by atoms with E-state index in [2.05, 4.69) is 27.6 Å². The van der Waals surface area contributed by atoms with Gasteiger partial charge in [0.05, 0.1) is 0 Å². The fraction of sp³-hybridized carbons (Fsp3) is 0.286. The van der Waals surface area contributed by atoms with E-state index < -0.39 is 5.91 Å². The molecule has 2 rings (SSSR count). The lowest BCUT2D eigenvalue weighted by atomic mass is 10.1. The standard InChI is InChI=1S/C14H15N3O2S/c18-14(17-19)12-10-20-13(16-12)9-15-8-4-7-11-5-2-1-3-6-11/h1-3,5-6,10,15H,4,7-9H2. The second-order valence-electron chi connectivity index (χ2n) is 4.29. The van der Waals surface area contributed by atoms with Gasteiger partial charge in [-0.3, -0.25) is 4.79 Å². The van der Waals surface area contributed by atoms with Gasteiger partial charge >= 0.3 is 5.91 Å². The maximum Gasteiger partial charge on any atom is 0.335 e. The highest BCUT2D eigenvalue weighted by atomic mass is 32.1. The minimum Gasteiger partial charge on any atom is -0.310 e. The summed E-state index contributed by atoms with van der Waals surface area (Å²) in [5.41, 5.74) is 1.46. The van der Waals surface area contributed by atoms with E-state index in [1.165, 1.54) is 16.9 Å². The van der Waals surface area contributed by atoms with Crippen molar-refractivity contribution in [1.82, 2.24) is 10.3 Å². The summed E-state index contributed by atoms with van der Waals surface area (Å²) in [7, 11) is 0. The third-order valence-corrected chi connectivity index (χ3v) is 3.64. The van der Waals surface area contributed by atoms with Gasteiger partial charge in [-0.15, -0.1) is 16.2 Å². The number of aromatic nitrogens is 1. The van der Waals surface area contributed by atoms with E-state index >= 15 is 0 Å². The Hall–Kier alpha value is -1.92. The number of benzene rings is 1. The highest BCUT2D eigenvalue weighted by Crippen LogP contribution is 2.10. The van der Waals surface area contributed by atoms with Gasteiger partial charge in [0, 0.05) is 17.1 Å². The van der Waals surface area contributed by atoms with Crippen LogP contribution in [0.25, 0.3) is 0 Å². The fourth-order valence-electron chi connectivity index (χ4n) is 1.79. The molecule has 1 aromatic heterocycles. The van der Waals surface area contributed by atoms with Crippen molar-refractivity contribution in [3.8, 4) is 0 Å². The van der Waals surface area contributed by atoms with Gasteiger partial charge in [0.25, 0.3) is 0 Å². The Balaban J connectivity index is 1.67. The molecular weight excluding hydrogens is 274 g/mol. The first-order valence-electron chi connectivity index (χ1n) is 6.36. The SMILES string of the molecule is O=NC(=O)c1csc(CNCCCc2ccccc2)n1. The third-order valence-electron chi connectivity index (χ3n) is 2.79. The minimum absolute atomic E-state index is 0.131. The van der Waals surface area contributed by atoms with Crippen LogP contribution in [0.4, 0.5) is 0 Å². The van der Waals surface area contributed by atoms with Crippen molar-refractivity contribution in [1.29, 1.82) is 0 Å². The molecule has 0 saturated heterocycles. The lowest BCUT2D eigenvalue weighted by Crippen LogP contribution is -2.15. The summed E-state index contributed by atoms with van der Waals surface area (Å²) >= 11 is 1.35. The van der Waals surface area contributed by atoms with E-state index in [4.69, 9.17) is 0 Å². The molecular formula is C14H15N3O2S. The zero-order chi connectivity index (χ0) is 14.2. The van der Waals surface area contributed by atoms with Crippen molar-refractivity contribution in [3.05, 3.63) is 56.9 Å². The zero-order valence-corrected chi connectivity index (χ0v) is 11.7. The maximum absolute atomic E-state index is 11.0. The molecule has 0 radical (unpaired) electrons. The first kappa shape index (κ1) is 14.5. The van der Waals surface area contributed by atoms with Crippen LogP contribution in [0.2, 0.25) is 0 Å². The van der Waals surface area contributed by atoms with E-state index in [1.54, 1.807) is 5.38 Å². The topological polar surface area (TPSA) is 71.4 Å². The van der Waals surface area contributed by atoms with Crippen LogP contribution in [0.3, 0.4) is 0 Å². The van der Waals surface area contributed by atoms with Crippen LogP contribution in [0.1, 0.15) is 27.5 Å². The lowest BCUT2D eigenvalue weighted by molar-refractivity contribution is 0.0996. The van der Waals surface area contributed by atoms with Crippen LogP contribution >= 0.6 is 11.3 Å². The van der Waals surface area contributed by atoms with E-state index in [0.29, 0.717) is 6.54 Å². The van der Waals surface area contributed by atoms with Crippen LogP contribution in [0.15, 0.2) is 40.9 Å². The second kappa shape index (κ2) is 7.62. The molecule has 0 saturated carbocycles. The monoisotopic (exact) mass is 289 g/mol. The van der Waals surface area contributed by atoms with Crippen molar-refractivity contribution in [2.75, 3.05) is 6.54 Å². The highest BCUT2D eigenvalue weighted by Gasteiger charge is 2.10. The number of nitrogens with zero attached hydrogens (tertiary/aromatic N) is 2. The minimum atomic E-state index is -0.809. The van der Waals surface area contributed by atoms with E-state index in [0.717, 1.165) is 24.4 Å². The summed E-state index contributed by atoms with van der Waals surface area (Å²) in [5.74, 6) is -0.809. The molecule has 0 fully saturated rings. The average Bonchev–Trinajstić information content (AvgIpc) is 2.96. The predicted molar refractivity (Wildman–Crippen MR) is 78.7 cm³/mol. The van der Waals surface area contributed by atoms with Crippen molar-refractivity contribution in [2.24, 2.45) is 5.18 Å². The number of amides is 1. The lowest BCUT2D eigenvalue weighted by Gasteiger charge is -2.02. The summed E-state index contributed by atoms with van der Waals surface area (Å²) in [6.45, 7) is 1.48. The Morgan fingerprint density at radius 2 is 2.10 bits per heavy atom. The van der Waals surface area contributed by atoms with Crippen LogP contribution in [-0.4, -0.2) is 17.4 Å². The van der Waals surface area contributed by atoms with Crippen LogP contribution in [-0.2, 0) is 13.0 Å². The molecule has 0 aliphatic carbocycles. The van der Waals surface area contributed by atoms with E-state index in [-0.39, 0.29) is 5.69 Å². The largest absolute Gasteiger partial charge is 0.335 e. The molecule has 5 nitrogen and oxygen atoms in total. The van der Waals surface area contributed by atoms with Crippen molar-refractivity contribution in [3.63, 3.8) is 0 Å². The van der Waals surface area contributed by atoms with E-state index in [1.807, 2.05) is 18.2 Å². The number of nitrogens with one attached hydrogen (secondary N) is 1. The molecule has 0 bridgehead atoms. The average molecular weight is 289 g/mol. The molecule has 0 aliphatic heterocycles. The number of hydrogen-bond donors (Lipinski definition) is 1. The number of nitroso groups, excluding NO2 is 1. The number of rotatable bonds is 7. The predicted octanol–water partition coefficient (Wildman–Crippen LogP) is 2.77. The van der Waals surface area contributed by atoms with Gasteiger partial charge in [-0.25, -0.2) is 4.98 Å². The number of aryl methyl sites for hydroxylation is 1. The molecule has 0 aliphatic rings. The van der Waals surface area contributed by atoms with Gasteiger partial charge in [0.1, 0.15) is 10.7 Å². The maximum atomic E-state index is 11.0. The normalized spacial score (nSPS) is 10.4. The molecule has 6 heteroatoms. The Bertz CT molecular complexity index is 569. The molecule has 20 heavy (non-hydrogen) atoms. The van der Waals surface area contributed by atoms with Gasteiger partial charge in [0.15, 0.2) is 0 Å². The smallest absolute Gasteiger partial charge is 0.310 e. The fourth-order valence-corrected chi connectivity index (χ4v) is 2.53. The van der Waals surface area contributed by atoms with Crippen molar-refractivity contribution >= 4 is 17.2 Å². The third kappa shape index (κ3) is 4.32. The molecule has 0 spiro atoms. The van der Waals surface area contributed by atoms with Crippen LogP contribution < -0.4 is 5.32 Å². The Morgan fingerprint density at radius 3 is 2.85 bits per heavy atom. The molecule has 0 unspecified atom stereocenters. The van der Waals surface area contributed by atoms with Gasteiger partial charge in [-0.05, 0) is 24.9 Å². The summed E-state index contributed by atoms with van der Waals surface area (Å²) in [6, 6.07) is 10.3. The van der Waals surface area contributed by atoms with Crippen molar-refractivity contribution < 1.29 is 4.79 Å². The molecule has 1 aromatic carbocycles.